The Balaban J connectivity index is 1.25. The molecule has 0 bridgehead atoms. The van der Waals surface area contributed by atoms with Crippen molar-refractivity contribution in [2.75, 3.05) is 55.7 Å². The molecule has 0 aliphatic carbocycles. The van der Waals surface area contributed by atoms with Crippen molar-refractivity contribution in [3.8, 4) is 46.3 Å². The molecule has 0 aliphatic heterocycles. The number of halogens is 3. The average Bonchev–Trinajstić information content (AvgIpc) is 4.03. The van der Waals surface area contributed by atoms with Gasteiger partial charge in [0.1, 0.15) is 24.2 Å². The van der Waals surface area contributed by atoms with Gasteiger partial charge in [0.2, 0.25) is 23.5 Å². The number of hydrogen-bond donors (Lipinski definition) is 3. The van der Waals surface area contributed by atoms with Crippen molar-refractivity contribution in [3.63, 3.8) is 0 Å². The molecule has 21 nitrogen and oxygen atoms in total. The molecule has 0 saturated heterocycles. The van der Waals surface area contributed by atoms with Crippen LogP contribution in [-0.4, -0.2) is 82.5 Å². The van der Waals surface area contributed by atoms with E-state index in [1.54, 1.807) is 38.1 Å². The molecule has 0 fully saturated rings. The lowest BCUT2D eigenvalue weighted by Crippen LogP contribution is -2.53. The molecule has 4 amide bonds. The molecule has 24 heteroatoms. The maximum atomic E-state index is 14.9. The van der Waals surface area contributed by atoms with Crippen molar-refractivity contribution < 1.29 is 65.3 Å². The molecule has 8 rings (SSSR count). The van der Waals surface area contributed by atoms with Crippen LogP contribution in [0.15, 0.2) is 107 Å². The number of hydrazine groups is 1. The number of fused-ring (bicyclic) bond motifs is 2. The van der Waals surface area contributed by atoms with E-state index in [1.807, 2.05) is 0 Å². The minimum absolute atomic E-state index is 0.0510. The summed E-state index contributed by atoms with van der Waals surface area (Å²) in [6.07, 6.45) is -2.41. The number of urea groups is 2. The van der Waals surface area contributed by atoms with E-state index in [1.165, 1.54) is 95.7 Å². The number of nitrogens with zero attached hydrogens (tertiary/aromatic N) is 8. The lowest BCUT2D eigenvalue weighted by Gasteiger charge is -2.34. The zero-order valence-corrected chi connectivity index (χ0v) is 37.2. The number of anilines is 4. The van der Waals surface area contributed by atoms with Gasteiger partial charge in [-0.05, 0) is 36.4 Å². The number of ether oxygens (including phenoxy) is 6. The van der Waals surface area contributed by atoms with Gasteiger partial charge in [-0.25, -0.2) is 29.5 Å². The first kappa shape index (κ1) is 46.6. The van der Waals surface area contributed by atoms with E-state index >= 15 is 0 Å². The Kier molecular flexibility index (Phi) is 12.9. The minimum Gasteiger partial charge on any atom is -0.493 e. The second-order valence-electron chi connectivity index (χ2n) is 15.2. The summed E-state index contributed by atoms with van der Waals surface area (Å²) in [4.78, 5) is 46.9. The van der Waals surface area contributed by atoms with Crippen LogP contribution in [-0.2, 0) is 11.6 Å². The quantitative estimate of drug-likeness (QED) is 0.0860. The minimum atomic E-state index is -4.93. The highest BCUT2D eigenvalue weighted by Gasteiger charge is 2.37. The summed E-state index contributed by atoms with van der Waals surface area (Å²) in [5.41, 5.74) is -1.39. The SMILES string of the molecule is COc1cc2ncnc(Oc3cccc(N(C(=O)Nc4cc(C(F)(F)F)no4)N(C(=O)Nc4cc(C(C)(C)CO)no4)c4cccc(Oc5ncnc6cc(OC)c(OC)cc56)c4)c3)c2cc1OC. The van der Waals surface area contributed by atoms with Crippen LogP contribution in [0.2, 0.25) is 0 Å². The second-order valence-corrected chi connectivity index (χ2v) is 15.2. The number of alkyl halides is 3. The van der Waals surface area contributed by atoms with Crippen LogP contribution >= 0.6 is 0 Å². The molecule has 8 aromatic rings. The molecule has 356 valence electrons. The Labute approximate surface area is 388 Å². The summed E-state index contributed by atoms with van der Waals surface area (Å²) in [5, 5.41) is 24.3. The fourth-order valence-electron chi connectivity index (χ4n) is 6.63. The second kappa shape index (κ2) is 19.1. The molecule has 69 heavy (non-hydrogen) atoms. The predicted molar refractivity (Wildman–Crippen MR) is 239 cm³/mol. The largest absolute Gasteiger partial charge is 0.493 e. The van der Waals surface area contributed by atoms with Gasteiger partial charge in [0.15, 0.2) is 28.7 Å². The van der Waals surface area contributed by atoms with Crippen LogP contribution < -0.4 is 49.1 Å². The molecule has 4 heterocycles. The highest BCUT2D eigenvalue weighted by Crippen LogP contribution is 2.40. The number of methoxy groups -OCH3 is 4. The molecule has 0 unspecified atom stereocenters. The molecule has 4 aromatic carbocycles. The number of aliphatic hydroxyl groups is 1. The lowest BCUT2D eigenvalue weighted by molar-refractivity contribution is -0.142. The predicted octanol–water partition coefficient (Wildman–Crippen LogP) is 9.15. The maximum Gasteiger partial charge on any atom is 0.436 e. The van der Waals surface area contributed by atoms with Crippen molar-refractivity contribution in [2.45, 2.75) is 25.4 Å². The number of aliphatic hydroxyl groups excluding tert-OH is 1. The number of amides is 4. The Hall–Kier alpha value is -8.93. The van der Waals surface area contributed by atoms with E-state index in [9.17, 15) is 27.9 Å². The smallest absolute Gasteiger partial charge is 0.436 e. The topological polar surface area (TPSA) is 244 Å². The van der Waals surface area contributed by atoms with Gasteiger partial charge in [-0.1, -0.05) is 36.3 Å². The first-order valence-electron chi connectivity index (χ1n) is 20.3. The number of rotatable bonds is 14. The first-order chi connectivity index (χ1) is 33.1. The molecule has 0 atom stereocenters. The van der Waals surface area contributed by atoms with Gasteiger partial charge in [-0.3, -0.25) is 10.6 Å². The molecule has 4 aromatic heterocycles. The molecule has 3 N–H and O–H groups in total. The summed E-state index contributed by atoms with van der Waals surface area (Å²) in [5.74, 6) is 0.812. The van der Waals surface area contributed by atoms with E-state index < -0.39 is 35.2 Å². The van der Waals surface area contributed by atoms with E-state index in [0.717, 1.165) is 10.0 Å². The van der Waals surface area contributed by atoms with E-state index in [-0.39, 0.29) is 52.8 Å². The third kappa shape index (κ3) is 9.81. The molecule has 0 saturated carbocycles. The summed E-state index contributed by atoms with van der Waals surface area (Å²) in [7, 11) is 5.85. The third-order valence-electron chi connectivity index (χ3n) is 10.2. The summed E-state index contributed by atoms with van der Waals surface area (Å²) in [6.45, 7) is 3.05. The van der Waals surface area contributed by atoms with Crippen molar-refractivity contribution >= 4 is 57.0 Å². The summed E-state index contributed by atoms with van der Waals surface area (Å²) < 4.78 is 85.7. The van der Waals surface area contributed by atoms with Gasteiger partial charge < -0.3 is 42.6 Å². The van der Waals surface area contributed by atoms with Crippen LogP contribution in [0, 0.1) is 0 Å². The number of hydrogen-bond acceptors (Lipinski definition) is 17. The van der Waals surface area contributed by atoms with E-state index in [2.05, 4.69) is 40.9 Å². The maximum absolute atomic E-state index is 14.9. The Morgan fingerprint density at radius 3 is 1.43 bits per heavy atom. The van der Waals surface area contributed by atoms with Gasteiger partial charge in [-0.2, -0.15) is 23.2 Å². The number of nitrogens with one attached hydrogen (secondary N) is 2. The van der Waals surface area contributed by atoms with Gasteiger partial charge in [0.05, 0.1) is 73.9 Å². The van der Waals surface area contributed by atoms with Crippen LogP contribution in [0.3, 0.4) is 0 Å². The number of aromatic nitrogens is 6. The normalized spacial score (nSPS) is 11.5. The standard InChI is InChI=1S/C45H39F3N10O11/c1-44(2,21-59)36-19-38(68-55-36)53-42(60)57(24-9-7-11-26(13-24)66-40-28-15-32(62-3)34(64-5)17-30(28)49-22-51-40)58(43(61)54-39-20-37(56-69-39)45(46,47)48)25-10-8-12-27(14-25)67-41-29-16-33(63-4)35(65-6)18-31(29)50-23-52-41/h7-20,22-23,59H,21H2,1-6H3,(H,53,60)(H,54,61). The van der Waals surface area contributed by atoms with Crippen LogP contribution in [0.5, 0.6) is 46.3 Å². The average molecular weight is 953 g/mol. The monoisotopic (exact) mass is 952 g/mol. The molecular formula is C45H39F3N10O11. The van der Waals surface area contributed by atoms with Crippen LogP contribution in [0.1, 0.15) is 25.2 Å². The molecule has 0 spiro atoms. The van der Waals surface area contributed by atoms with E-state index in [4.69, 9.17) is 37.5 Å². The number of carbonyl (C=O) groups is 2. The summed E-state index contributed by atoms with van der Waals surface area (Å²) >= 11 is 0. The first-order valence-corrected chi connectivity index (χ1v) is 20.3. The van der Waals surface area contributed by atoms with Crippen LogP contribution in [0.25, 0.3) is 21.8 Å². The van der Waals surface area contributed by atoms with Crippen molar-refractivity contribution in [1.29, 1.82) is 0 Å². The van der Waals surface area contributed by atoms with Crippen molar-refractivity contribution in [3.05, 3.63) is 109 Å². The molecule has 0 radical (unpaired) electrons. The van der Waals surface area contributed by atoms with Gasteiger partial charge in [-0.15, -0.1) is 0 Å². The Morgan fingerprint density at radius 1 is 0.609 bits per heavy atom. The van der Waals surface area contributed by atoms with Crippen molar-refractivity contribution in [2.24, 2.45) is 0 Å². The summed E-state index contributed by atoms with van der Waals surface area (Å²) in [6, 6.07) is 17.6. The number of carbonyl (C=O) groups excluding carboxylic acids is 2. The Bertz CT molecular complexity index is 3180. The van der Waals surface area contributed by atoms with Crippen molar-refractivity contribution in [1.82, 2.24) is 30.2 Å². The number of benzene rings is 4. The third-order valence-corrected chi connectivity index (χ3v) is 10.2. The van der Waals surface area contributed by atoms with Gasteiger partial charge >= 0.3 is 18.2 Å². The highest BCUT2D eigenvalue weighted by molar-refractivity contribution is 6.12. The Morgan fingerprint density at radius 2 is 1.03 bits per heavy atom. The fraction of sp³-hybridized carbons (Fsp3) is 0.200. The lowest BCUT2D eigenvalue weighted by atomic mass is 9.91. The molecule has 0 aliphatic rings. The highest BCUT2D eigenvalue weighted by atomic mass is 19.4. The van der Waals surface area contributed by atoms with Gasteiger partial charge in [0.25, 0.3) is 0 Å². The fourth-order valence-corrected chi connectivity index (χ4v) is 6.63. The van der Waals surface area contributed by atoms with Crippen LogP contribution in [0.4, 0.5) is 45.9 Å². The zero-order valence-electron chi connectivity index (χ0n) is 37.2. The van der Waals surface area contributed by atoms with Gasteiger partial charge in [0, 0.05) is 41.8 Å². The molecular weight excluding hydrogens is 914 g/mol. The zero-order chi connectivity index (χ0) is 49.0. The van der Waals surface area contributed by atoms with E-state index in [0.29, 0.717) is 50.9 Å².